The van der Waals surface area contributed by atoms with Crippen molar-refractivity contribution in [3.63, 3.8) is 0 Å². The lowest BCUT2D eigenvalue weighted by molar-refractivity contribution is 0.768. The lowest BCUT2D eigenvalue weighted by Crippen LogP contribution is -2.33. The molecule has 0 fully saturated rings. The van der Waals surface area contributed by atoms with Crippen molar-refractivity contribution in [1.82, 2.24) is 5.32 Å². The standard InChI is InChI=1S/C21H19ClN2S/c1-15-8-7-11-17(14-15)20(16-9-3-2-4-10-16)24-21(25)23-19-13-6-5-12-18(19)22/h2-14,20H,1H3,(H2,23,24,25)/t20-/m1/s1. The SMILES string of the molecule is Cc1cccc([C@H](NC(=S)Nc2ccccc2Cl)c2ccccc2)c1. The highest BCUT2D eigenvalue weighted by Gasteiger charge is 2.15. The van der Waals surface area contributed by atoms with Crippen molar-refractivity contribution in [3.05, 3.63) is 101 Å². The predicted octanol–water partition coefficient (Wildman–Crippen LogP) is 5.72. The van der Waals surface area contributed by atoms with E-state index in [0.717, 1.165) is 16.8 Å². The second-order valence-corrected chi connectivity index (χ2v) is 6.65. The van der Waals surface area contributed by atoms with Crippen LogP contribution in [0.4, 0.5) is 5.69 Å². The van der Waals surface area contributed by atoms with Gasteiger partial charge in [-0.15, -0.1) is 0 Å². The fourth-order valence-electron chi connectivity index (χ4n) is 2.71. The highest BCUT2D eigenvalue weighted by Crippen LogP contribution is 2.24. The van der Waals surface area contributed by atoms with Gasteiger partial charge in [-0.3, -0.25) is 0 Å². The first kappa shape index (κ1) is 17.5. The fourth-order valence-corrected chi connectivity index (χ4v) is 3.12. The molecule has 0 radical (unpaired) electrons. The molecule has 0 saturated heterocycles. The fraction of sp³-hybridized carbons (Fsp3) is 0.0952. The molecule has 3 aromatic carbocycles. The zero-order chi connectivity index (χ0) is 17.6. The maximum absolute atomic E-state index is 6.21. The van der Waals surface area contributed by atoms with Crippen molar-refractivity contribution in [1.29, 1.82) is 0 Å². The molecular weight excluding hydrogens is 348 g/mol. The van der Waals surface area contributed by atoms with Crippen LogP contribution in [-0.4, -0.2) is 5.11 Å². The Hall–Kier alpha value is -2.36. The molecule has 1 atom stereocenters. The zero-order valence-corrected chi connectivity index (χ0v) is 15.4. The smallest absolute Gasteiger partial charge is 0.171 e. The van der Waals surface area contributed by atoms with Crippen LogP contribution in [0.3, 0.4) is 0 Å². The molecule has 0 aromatic heterocycles. The minimum Gasteiger partial charge on any atom is -0.352 e. The van der Waals surface area contributed by atoms with Crippen LogP contribution in [0.2, 0.25) is 5.02 Å². The van der Waals surface area contributed by atoms with Gasteiger partial charge in [-0.05, 0) is 42.4 Å². The Morgan fingerprint density at radius 2 is 1.56 bits per heavy atom. The average Bonchev–Trinajstić information content (AvgIpc) is 2.62. The molecule has 0 heterocycles. The second kappa shape index (κ2) is 8.15. The Labute approximate surface area is 158 Å². The van der Waals surface area contributed by atoms with Crippen LogP contribution in [0.25, 0.3) is 0 Å². The number of nitrogens with one attached hydrogen (secondary N) is 2. The number of halogens is 1. The van der Waals surface area contributed by atoms with Gasteiger partial charge < -0.3 is 10.6 Å². The minimum atomic E-state index is -0.0383. The van der Waals surface area contributed by atoms with Crippen molar-refractivity contribution in [2.75, 3.05) is 5.32 Å². The van der Waals surface area contributed by atoms with Gasteiger partial charge in [-0.1, -0.05) is 83.9 Å². The van der Waals surface area contributed by atoms with Crippen LogP contribution < -0.4 is 10.6 Å². The van der Waals surface area contributed by atoms with E-state index in [1.165, 1.54) is 5.56 Å². The molecule has 126 valence electrons. The van der Waals surface area contributed by atoms with Crippen molar-refractivity contribution in [3.8, 4) is 0 Å². The number of anilines is 1. The summed E-state index contributed by atoms with van der Waals surface area (Å²) in [4.78, 5) is 0. The number of para-hydroxylation sites is 1. The van der Waals surface area contributed by atoms with E-state index in [1.807, 2.05) is 42.5 Å². The summed E-state index contributed by atoms with van der Waals surface area (Å²) >= 11 is 11.7. The summed E-state index contributed by atoms with van der Waals surface area (Å²) < 4.78 is 0. The molecule has 0 aliphatic heterocycles. The topological polar surface area (TPSA) is 24.1 Å². The van der Waals surface area contributed by atoms with Crippen molar-refractivity contribution >= 4 is 34.6 Å². The Morgan fingerprint density at radius 3 is 2.28 bits per heavy atom. The Kier molecular flexibility index (Phi) is 5.69. The average molecular weight is 367 g/mol. The van der Waals surface area contributed by atoms with Gasteiger partial charge in [-0.25, -0.2) is 0 Å². The van der Waals surface area contributed by atoms with E-state index >= 15 is 0 Å². The summed E-state index contributed by atoms with van der Waals surface area (Å²) in [6, 6.07) is 26.2. The number of aryl methyl sites for hydroxylation is 1. The molecule has 0 spiro atoms. The second-order valence-electron chi connectivity index (χ2n) is 5.84. The molecule has 0 unspecified atom stereocenters. The summed E-state index contributed by atoms with van der Waals surface area (Å²) in [6.45, 7) is 2.09. The molecule has 0 saturated carbocycles. The van der Waals surface area contributed by atoms with Crippen molar-refractivity contribution < 1.29 is 0 Å². The van der Waals surface area contributed by atoms with E-state index in [-0.39, 0.29) is 6.04 Å². The largest absolute Gasteiger partial charge is 0.352 e. The highest BCUT2D eigenvalue weighted by atomic mass is 35.5. The van der Waals surface area contributed by atoms with Gasteiger partial charge in [0.1, 0.15) is 0 Å². The van der Waals surface area contributed by atoms with E-state index in [1.54, 1.807) is 0 Å². The third-order valence-corrected chi connectivity index (χ3v) is 4.46. The van der Waals surface area contributed by atoms with Crippen molar-refractivity contribution in [2.45, 2.75) is 13.0 Å². The molecule has 0 aliphatic carbocycles. The molecule has 2 nitrogen and oxygen atoms in total. The normalized spacial score (nSPS) is 11.6. The van der Waals surface area contributed by atoms with Gasteiger partial charge in [-0.2, -0.15) is 0 Å². The summed E-state index contributed by atoms with van der Waals surface area (Å²) in [7, 11) is 0. The van der Waals surface area contributed by atoms with Crippen LogP contribution in [0.15, 0.2) is 78.9 Å². The molecular formula is C21H19ClN2S. The highest BCUT2D eigenvalue weighted by molar-refractivity contribution is 7.80. The predicted molar refractivity (Wildman–Crippen MR) is 110 cm³/mol. The number of hydrogen-bond acceptors (Lipinski definition) is 1. The molecule has 0 amide bonds. The van der Waals surface area contributed by atoms with E-state index in [0.29, 0.717) is 10.1 Å². The molecule has 4 heteroatoms. The van der Waals surface area contributed by atoms with Gasteiger partial charge in [0, 0.05) is 0 Å². The number of rotatable bonds is 4. The molecule has 25 heavy (non-hydrogen) atoms. The molecule has 3 aromatic rings. The number of benzene rings is 3. The first-order chi connectivity index (χ1) is 12.1. The number of thiocarbonyl (C=S) groups is 1. The zero-order valence-electron chi connectivity index (χ0n) is 13.9. The van der Waals surface area contributed by atoms with Gasteiger partial charge in [0.2, 0.25) is 0 Å². The molecule has 2 N–H and O–H groups in total. The maximum Gasteiger partial charge on any atom is 0.171 e. The summed E-state index contributed by atoms with van der Waals surface area (Å²) in [5.74, 6) is 0. The van der Waals surface area contributed by atoms with Gasteiger partial charge in [0.25, 0.3) is 0 Å². The Morgan fingerprint density at radius 1 is 0.880 bits per heavy atom. The minimum absolute atomic E-state index is 0.0383. The summed E-state index contributed by atoms with van der Waals surface area (Å²) in [6.07, 6.45) is 0. The number of hydrogen-bond donors (Lipinski definition) is 2. The van der Waals surface area contributed by atoms with E-state index < -0.39 is 0 Å². The lowest BCUT2D eigenvalue weighted by Gasteiger charge is -2.22. The van der Waals surface area contributed by atoms with Gasteiger partial charge in [0.15, 0.2) is 5.11 Å². The van der Waals surface area contributed by atoms with E-state index in [4.69, 9.17) is 23.8 Å². The van der Waals surface area contributed by atoms with Gasteiger partial charge >= 0.3 is 0 Å². The Bertz CT molecular complexity index is 865. The Balaban J connectivity index is 1.85. The third-order valence-electron chi connectivity index (χ3n) is 3.91. The summed E-state index contributed by atoms with van der Waals surface area (Å²) in [5.41, 5.74) is 4.31. The van der Waals surface area contributed by atoms with Crippen LogP contribution >= 0.6 is 23.8 Å². The molecule has 3 rings (SSSR count). The van der Waals surface area contributed by atoms with Crippen LogP contribution in [0, 0.1) is 6.92 Å². The molecule has 0 aliphatic rings. The third kappa shape index (κ3) is 4.59. The van der Waals surface area contributed by atoms with Crippen LogP contribution in [0.5, 0.6) is 0 Å². The monoisotopic (exact) mass is 366 g/mol. The summed E-state index contributed by atoms with van der Waals surface area (Å²) in [5, 5.41) is 7.77. The molecule has 0 bridgehead atoms. The lowest BCUT2D eigenvalue weighted by atomic mass is 9.97. The first-order valence-electron chi connectivity index (χ1n) is 8.07. The van der Waals surface area contributed by atoms with Crippen LogP contribution in [0.1, 0.15) is 22.7 Å². The van der Waals surface area contributed by atoms with E-state index in [9.17, 15) is 0 Å². The van der Waals surface area contributed by atoms with Gasteiger partial charge in [0.05, 0.1) is 16.8 Å². The maximum atomic E-state index is 6.21. The van der Waals surface area contributed by atoms with Crippen molar-refractivity contribution in [2.24, 2.45) is 0 Å². The van der Waals surface area contributed by atoms with Crippen LogP contribution in [-0.2, 0) is 0 Å². The van der Waals surface area contributed by atoms with E-state index in [2.05, 4.69) is 54.0 Å². The quantitative estimate of drug-likeness (QED) is 0.577. The first-order valence-corrected chi connectivity index (χ1v) is 8.85.